The molecule has 0 spiro atoms. The number of nitrogens with zero attached hydrogens (tertiary/aromatic N) is 1. The van der Waals surface area contributed by atoms with Gasteiger partial charge in [0.1, 0.15) is 0 Å². The molecule has 1 N–H and O–H groups in total. The Morgan fingerprint density at radius 1 is 1.13 bits per heavy atom. The molecule has 158 valence electrons. The van der Waals surface area contributed by atoms with Gasteiger partial charge in [0.05, 0.1) is 5.56 Å². The van der Waals surface area contributed by atoms with Gasteiger partial charge in [-0.2, -0.15) is 0 Å². The van der Waals surface area contributed by atoms with Crippen molar-refractivity contribution in [2.24, 2.45) is 0 Å². The fourth-order valence-electron chi connectivity index (χ4n) is 3.57. The number of hydrogen-bond acceptors (Lipinski definition) is 4. The molecule has 30 heavy (non-hydrogen) atoms. The summed E-state index contributed by atoms with van der Waals surface area (Å²) >= 11 is 0. The van der Waals surface area contributed by atoms with Crippen molar-refractivity contribution in [1.82, 2.24) is 4.90 Å². The molecule has 0 radical (unpaired) electrons. The topological polar surface area (TPSA) is 75.7 Å². The second-order valence-electron chi connectivity index (χ2n) is 7.93. The van der Waals surface area contributed by atoms with Crippen molar-refractivity contribution in [3.63, 3.8) is 0 Å². The Morgan fingerprint density at radius 2 is 1.87 bits per heavy atom. The third kappa shape index (κ3) is 5.26. The molecule has 0 saturated carbocycles. The van der Waals surface area contributed by atoms with Crippen molar-refractivity contribution in [2.45, 2.75) is 46.1 Å². The lowest BCUT2D eigenvalue weighted by molar-refractivity contribution is -0.128. The molecular weight excluding hydrogens is 380 g/mol. The molecule has 2 aromatic rings. The summed E-state index contributed by atoms with van der Waals surface area (Å²) in [5.41, 5.74) is 4.11. The predicted molar refractivity (Wildman–Crippen MR) is 115 cm³/mol. The zero-order valence-corrected chi connectivity index (χ0v) is 17.7. The fraction of sp³-hybridized carbons (Fsp3) is 0.375. The Kier molecular flexibility index (Phi) is 6.87. The number of hydrogen-bond donors (Lipinski definition) is 1. The molecular formula is C24H28N2O4. The van der Waals surface area contributed by atoms with E-state index < -0.39 is 5.97 Å². The van der Waals surface area contributed by atoms with Crippen LogP contribution in [0, 0.1) is 6.92 Å². The van der Waals surface area contributed by atoms with Crippen LogP contribution in [0.15, 0.2) is 42.5 Å². The van der Waals surface area contributed by atoms with Crippen LogP contribution in [0.4, 0.5) is 5.69 Å². The molecule has 6 heteroatoms. The van der Waals surface area contributed by atoms with Crippen LogP contribution in [0.3, 0.4) is 0 Å². The average Bonchev–Trinajstić information content (AvgIpc) is 3.12. The molecule has 6 nitrogen and oxygen atoms in total. The Balaban J connectivity index is 1.54. The number of benzene rings is 2. The lowest BCUT2D eigenvalue weighted by Gasteiger charge is -2.16. The highest BCUT2D eigenvalue weighted by Gasteiger charge is 2.20. The normalized spacial score (nSPS) is 13.6. The maximum absolute atomic E-state index is 12.3. The molecule has 0 bridgehead atoms. The molecule has 3 rings (SSSR count). The van der Waals surface area contributed by atoms with Crippen molar-refractivity contribution in [2.75, 3.05) is 18.5 Å². The van der Waals surface area contributed by atoms with E-state index in [0.29, 0.717) is 18.5 Å². The van der Waals surface area contributed by atoms with E-state index in [4.69, 9.17) is 4.74 Å². The second-order valence-corrected chi connectivity index (χ2v) is 7.93. The number of ether oxygens (including phenoxy) is 1. The molecule has 1 saturated heterocycles. The van der Waals surface area contributed by atoms with Crippen LogP contribution in [0.25, 0.3) is 0 Å². The maximum atomic E-state index is 12.3. The zero-order valence-electron chi connectivity index (χ0n) is 17.7. The van der Waals surface area contributed by atoms with E-state index in [1.807, 2.05) is 42.2 Å². The Labute approximate surface area is 177 Å². The smallest absolute Gasteiger partial charge is 0.338 e. The third-order valence-electron chi connectivity index (χ3n) is 5.26. The third-order valence-corrected chi connectivity index (χ3v) is 5.26. The Hall–Kier alpha value is -3.15. The van der Waals surface area contributed by atoms with Crippen LogP contribution in [0.5, 0.6) is 0 Å². The monoisotopic (exact) mass is 408 g/mol. The van der Waals surface area contributed by atoms with Gasteiger partial charge in [-0.15, -0.1) is 0 Å². The number of carbonyl (C=O) groups excluding carboxylic acids is 3. The van der Waals surface area contributed by atoms with Crippen LogP contribution < -0.4 is 5.32 Å². The van der Waals surface area contributed by atoms with Gasteiger partial charge in [0.15, 0.2) is 6.61 Å². The van der Waals surface area contributed by atoms with Crippen LogP contribution >= 0.6 is 0 Å². The average molecular weight is 408 g/mol. The van der Waals surface area contributed by atoms with Gasteiger partial charge in [-0.3, -0.25) is 9.59 Å². The molecule has 1 aliphatic heterocycles. The quantitative estimate of drug-likeness (QED) is 0.702. The molecule has 1 fully saturated rings. The molecule has 1 heterocycles. The van der Waals surface area contributed by atoms with Crippen LogP contribution in [0.1, 0.15) is 59.7 Å². The SMILES string of the molecule is Cc1cccc(C(C)C)c1NC(=O)COC(=O)c1ccc(CN2CCCC2=O)cc1. The van der Waals surface area contributed by atoms with Gasteiger partial charge in [0.25, 0.3) is 5.91 Å². The van der Waals surface area contributed by atoms with Crippen molar-refractivity contribution in [3.8, 4) is 0 Å². The zero-order chi connectivity index (χ0) is 21.7. The number of esters is 1. The first-order valence-corrected chi connectivity index (χ1v) is 10.3. The molecule has 0 aromatic heterocycles. The van der Waals surface area contributed by atoms with Gasteiger partial charge in [-0.05, 0) is 48.1 Å². The van der Waals surface area contributed by atoms with Crippen molar-refractivity contribution in [1.29, 1.82) is 0 Å². The van der Waals surface area contributed by atoms with Gasteiger partial charge in [0.2, 0.25) is 5.91 Å². The lowest BCUT2D eigenvalue weighted by Crippen LogP contribution is -2.24. The molecule has 2 aromatic carbocycles. The summed E-state index contributed by atoms with van der Waals surface area (Å²) in [5, 5.41) is 2.87. The van der Waals surface area contributed by atoms with Crippen molar-refractivity contribution < 1.29 is 19.1 Å². The number of rotatable bonds is 7. The summed E-state index contributed by atoms with van der Waals surface area (Å²) in [6, 6.07) is 12.8. The highest BCUT2D eigenvalue weighted by atomic mass is 16.5. The largest absolute Gasteiger partial charge is 0.452 e. The maximum Gasteiger partial charge on any atom is 0.338 e. The van der Waals surface area contributed by atoms with Crippen LogP contribution in [0.2, 0.25) is 0 Å². The number of likely N-dealkylation sites (tertiary alicyclic amines) is 1. The number of anilines is 1. The number of amides is 2. The predicted octanol–water partition coefficient (Wildman–Crippen LogP) is 4.04. The van der Waals surface area contributed by atoms with Gasteiger partial charge in [-0.1, -0.05) is 44.2 Å². The van der Waals surface area contributed by atoms with Gasteiger partial charge < -0.3 is 15.0 Å². The van der Waals surface area contributed by atoms with E-state index >= 15 is 0 Å². The van der Waals surface area contributed by atoms with Crippen molar-refractivity contribution in [3.05, 3.63) is 64.7 Å². The van der Waals surface area contributed by atoms with E-state index in [0.717, 1.165) is 35.3 Å². The summed E-state index contributed by atoms with van der Waals surface area (Å²) in [5.74, 6) is -0.498. The first kappa shape index (κ1) is 21.6. The van der Waals surface area contributed by atoms with E-state index in [2.05, 4.69) is 19.2 Å². The molecule has 0 aliphatic carbocycles. The van der Waals surface area contributed by atoms with E-state index in [-0.39, 0.29) is 24.3 Å². The van der Waals surface area contributed by atoms with E-state index in [1.54, 1.807) is 12.1 Å². The number of aryl methyl sites for hydroxylation is 1. The van der Waals surface area contributed by atoms with Gasteiger partial charge >= 0.3 is 5.97 Å². The summed E-state index contributed by atoms with van der Waals surface area (Å²) in [6.07, 6.45) is 1.50. The fourth-order valence-corrected chi connectivity index (χ4v) is 3.57. The summed E-state index contributed by atoms with van der Waals surface area (Å²) in [6.45, 7) is 7.03. The number of carbonyl (C=O) groups is 3. The van der Waals surface area contributed by atoms with E-state index in [1.165, 1.54) is 0 Å². The van der Waals surface area contributed by atoms with Crippen LogP contribution in [-0.2, 0) is 20.9 Å². The minimum atomic E-state index is -0.553. The first-order chi connectivity index (χ1) is 14.3. The minimum Gasteiger partial charge on any atom is -0.452 e. The summed E-state index contributed by atoms with van der Waals surface area (Å²) in [7, 11) is 0. The summed E-state index contributed by atoms with van der Waals surface area (Å²) < 4.78 is 5.18. The highest BCUT2D eigenvalue weighted by Crippen LogP contribution is 2.27. The molecule has 1 aliphatic rings. The molecule has 2 amide bonds. The molecule has 0 atom stereocenters. The number of nitrogens with one attached hydrogen (secondary N) is 1. The summed E-state index contributed by atoms with van der Waals surface area (Å²) in [4.78, 5) is 38.2. The highest BCUT2D eigenvalue weighted by molar-refractivity contribution is 5.96. The number of para-hydroxylation sites is 1. The van der Waals surface area contributed by atoms with Gasteiger partial charge in [-0.25, -0.2) is 4.79 Å². The standard InChI is InChI=1S/C24H28N2O4/c1-16(2)20-7-4-6-17(3)23(20)25-21(27)15-30-24(29)19-11-9-18(10-12-19)14-26-13-5-8-22(26)28/h4,6-7,9-12,16H,5,8,13-15H2,1-3H3,(H,25,27). The second kappa shape index (κ2) is 9.57. The minimum absolute atomic E-state index is 0.166. The lowest BCUT2D eigenvalue weighted by atomic mass is 9.98. The molecule has 0 unspecified atom stereocenters. The Bertz CT molecular complexity index is 935. The van der Waals surface area contributed by atoms with E-state index in [9.17, 15) is 14.4 Å². The first-order valence-electron chi connectivity index (χ1n) is 10.3. The Morgan fingerprint density at radius 3 is 2.50 bits per heavy atom. The van der Waals surface area contributed by atoms with Crippen molar-refractivity contribution >= 4 is 23.5 Å². The van der Waals surface area contributed by atoms with Gasteiger partial charge in [0, 0.05) is 25.2 Å². The van der Waals surface area contributed by atoms with Crippen LogP contribution in [-0.4, -0.2) is 35.8 Å².